The third-order valence-electron chi connectivity index (χ3n) is 11.9. The van der Waals surface area contributed by atoms with Crippen LogP contribution < -0.4 is 14.5 Å². The third kappa shape index (κ3) is 6.25. The molecule has 284 valence electrons. The Hall–Kier alpha value is -7.30. The first-order valence-corrected chi connectivity index (χ1v) is 20.7. The second kappa shape index (κ2) is 14.6. The number of allylic oxidation sites excluding steroid dienone is 6. The first kappa shape index (κ1) is 34.9. The van der Waals surface area contributed by atoms with E-state index in [0.717, 1.165) is 59.2 Å². The summed E-state index contributed by atoms with van der Waals surface area (Å²) in [7, 11) is 0. The van der Waals surface area contributed by atoms with Crippen molar-refractivity contribution in [2.75, 3.05) is 9.80 Å². The number of hydrogen-bond donors (Lipinski definition) is 0. The predicted octanol–water partition coefficient (Wildman–Crippen LogP) is 14.8. The Morgan fingerprint density at radius 3 is 1.97 bits per heavy atom. The molecule has 8 aromatic rings. The van der Waals surface area contributed by atoms with Crippen molar-refractivity contribution in [3.63, 3.8) is 0 Å². The Morgan fingerprint density at radius 1 is 0.559 bits per heavy atom. The number of ether oxygens (including phenoxy) is 1. The molecule has 59 heavy (non-hydrogen) atoms. The van der Waals surface area contributed by atoms with Crippen LogP contribution in [0.4, 0.5) is 22.7 Å². The molecule has 0 N–H and O–H groups in total. The minimum Gasteiger partial charge on any atom is -0.453 e. The van der Waals surface area contributed by atoms with Crippen molar-refractivity contribution < 1.29 is 4.74 Å². The Balaban J connectivity index is 0.960. The number of anilines is 4. The van der Waals surface area contributed by atoms with E-state index in [0.29, 0.717) is 5.92 Å². The fourth-order valence-corrected chi connectivity index (χ4v) is 9.03. The van der Waals surface area contributed by atoms with Crippen molar-refractivity contribution in [2.24, 2.45) is 5.92 Å². The number of nitrogens with zero attached hydrogens (tertiary/aromatic N) is 3. The van der Waals surface area contributed by atoms with E-state index in [9.17, 15) is 0 Å². The van der Waals surface area contributed by atoms with Gasteiger partial charge in [-0.25, -0.2) is 0 Å². The highest BCUT2D eigenvalue weighted by atomic mass is 16.5. The zero-order valence-electron chi connectivity index (χ0n) is 33.0. The van der Waals surface area contributed by atoms with E-state index in [2.05, 4.69) is 215 Å². The van der Waals surface area contributed by atoms with Crippen molar-refractivity contribution in [1.29, 1.82) is 0 Å². The van der Waals surface area contributed by atoms with Crippen LogP contribution in [0.25, 0.3) is 49.7 Å². The lowest BCUT2D eigenvalue weighted by Gasteiger charge is -2.36. The molecule has 4 heteroatoms. The predicted molar refractivity (Wildman–Crippen MR) is 246 cm³/mol. The van der Waals surface area contributed by atoms with Crippen LogP contribution in [0.5, 0.6) is 5.75 Å². The summed E-state index contributed by atoms with van der Waals surface area (Å²) in [4.78, 5) is 4.79. The van der Waals surface area contributed by atoms with E-state index in [-0.39, 0.29) is 0 Å². The first-order chi connectivity index (χ1) is 29.2. The molecule has 2 heterocycles. The maximum absolute atomic E-state index is 6.38. The highest BCUT2D eigenvalue weighted by molar-refractivity contribution is 6.10. The second-order valence-corrected chi connectivity index (χ2v) is 15.8. The van der Waals surface area contributed by atoms with Gasteiger partial charge in [-0.1, -0.05) is 122 Å². The molecule has 11 rings (SSSR count). The van der Waals surface area contributed by atoms with Gasteiger partial charge in [0.25, 0.3) is 0 Å². The molecular weight excluding hydrogens is 719 g/mol. The van der Waals surface area contributed by atoms with Crippen molar-refractivity contribution >= 4 is 44.6 Å². The van der Waals surface area contributed by atoms with Gasteiger partial charge in [0.1, 0.15) is 5.76 Å². The van der Waals surface area contributed by atoms with Gasteiger partial charge in [0.05, 0.1) is 22.4 Å². The van der Waals surface area contributed by atoms with Crippen LogP contribution in [0.2, 0.25) is 0 Å². The van der Waals surface area contributed by atoms with Crippen molar-refractivity contribution in [2.45, 2.75) is 26.2 Å². The summed E-state index contributed by atoms with van der Waals surface area (Å²) in [6.07, 6.45) is 14.3. The fraction of sp³-hybridized carbons (Fsp3) is 0.0909. The van der Waals surface area contributed by atoms with Crippen molar-refractivity contribution in [3.8, 4) is 33.7 Å². The minimum absolute atomic E-state index is 0.441. The molecule has 0 radical (unpaired) electrons. The summed E-state index contributed by atoms with van der Waals surface area (Å²) >= 11 is 0. The van der Waals surface area contributed by atoms with Gasteiger partial charge in [-0.05, 0) is 132 Å². The van der Waals surface area contributed by atoms with Crippen LogP contribution in [-0.4, -0.2) is 4.57 Å². The van der Waals surface area contributed by atoms with Crippen molar-refractivity contribution in [1.82, 2.24) is 4.57 Å². The quantitative estimate of drug-likeness (QED) is 0.161. The van der Waals surface area contributed by atoms with Crippen LogP contribution in [0, 0.1) is 5.92 Å². The Labute approximate surface area is 345 Å². The molecule has 0 saturated heterocycles. The van der Waals surface area contributed by atoms with Crippen LogP contribution in [0.1, 0.15) is 26.2 Å². The molecule has 2 aliphatic carbocycles. The maximum atomic E-state index is 6.38. The monoisotopic (exact) mass is 761 g/mol. The number of rotatable bonds is 7. The average molecular weight is 762 g/mol. The minimum atomic E-state index is 0.441. The van der Waals surface area contributed by atoms with Gasteiger partial charge in [0.2, 0.25) is 0 Å². The van der Waals surface area contributed by atoms with Crippen LogP contribution >= 0.6 is 0 Å². The molecular formula is C55H43N3O. The molecule has 0 bridgehead atoms. The molecule has 1 aromatic heterocycles. The molecule has 7 aromatic carbocycles. The molecule has 1 atom stereocenters. The second-order valence-electron chi connectivity index (χ2n) is 15.8. The van der Waals surface area contributed by atoms with E-state index < -0.39 is 0 Å². The number of aromatic nitrogens is 1. The summed E-state index contributed by atoms with van der Waals surface area (Å²) in [5, 5.41) is 2.46. The zero-order chi connectivity index (χ0) is 39.3. The molecule has 0 amide bonds. The summed E-state index contributed by atoms with van der Waals surface area (Å²) in [5.74, 6) is 2.25. The van der Waals surface area contributed by atoms with Gasteiger partial charge in [-0.2, -0.15) is 0 Å². The van der Waals surface area contributed by atoms with E-state index in [1.807, 2.05) is 6.07 Å². The Bertz CT molecular complexity index is 2980. The fourth-order valence-electron chi connectivity index (χ4n) is 9.03. The molecule has 0 saturated carbocycles. The van der Waals surface area contributed by atoms with E-state index in [4.69, 9.17) is 4.74 Å². The van der Waals surface area contributed by atoms with Gasteiger partial charge < -0.3 is 19.1 Å². The SMILES string of the molecule is CC1C=CC2=C(C1)N(c1ccc(-n3c4ccccc4c4cc(N(C5=CCCC=C5)c5ccc(-c6ccc(-c7ccccc7)cc6)cc5)ccc43)cc1)c1ccccc1O2. The topological polar surface area (TPSA) is 20.6 Å². The van der Waals surface area contributed by atoms with E-state index >= 15 is 0 Å². The zero-order valence-corrected chi connectivity index (χ0v) is 33.0. The van der Waals surface area contributed by atoms with E-state index in [1.165, 1.54) is 55.5 Å². The highest BCUT2D eigenvalue weighted by Crippen LogP contribution is 2.46. The molecule has 0 fully saturated rings. The normalized spacial score (nSPS) is 15.8. The summed E-state index contributed by atoms with van der Waals surface area (Å²) < 4.78 is 8.79. The third-order valence-corrected chi connectivity index (χ3v) is 11.9. The summed E-state index contributed by atoms with van der Waals surface area (Å²) in [6.45, 7) is 2.26. The average Bonchev–Trinajstić information content (AvgIpc) is 3.63. The lowest BCUT2D eigenvalue weighted by atomic mass is 9.96. The molecule has 0 spiro atoms. The van der Waals surface area contributed by atoms with Gasteiger partial charge in [0, 0.05) is 39.2 Å². The molecule has 3 aliphatic rings. The van der Waals surface area contributed by atoms with Crippen molar-refractivity contribution in [3.05, 3.63) is 217 Å². The van der Waals surface area contributed by atoms with Crippen LogP contribution in [-0.2, 0) is 0 Å². The number of benzene rings is 7. The molecule has 1 aliphatic heterocycles. The van der Waals surface area contributed by atoms with Gasteiger partial charge in [-0.15, -0.1) is 0 Å². The van der Waals surface area contributed by atoms with E-state index in [1.54, 1.807) is 0 Å². The van der Waals surface area contributed by atoms with Crippen LogP contribution in [0.15, 0.2) is 217 Å². The maximum Gasteiger partial charge on any atom is 0.151 e. The van der Waals surface area contributed by atoms with Crippen LogP contribution in [0.3, 0.4) is 0 Å². The molecule has 1 unspecified atom stereocenters. The number of hydrogen-bond acceptors (Lipinski definition) is 3. The standard InChI is InChI=1S/C55H43N3O/c1-38-20-35-55-53(36-38)58(52-18-10-11-19-54(52)59-55)46-31-29-45(30-32-46)57-50-17-9-8-16-48(50)49-37-47(33-34-51(49)57)56(43-14-6-3-7-15-43)44-27-25-42(26-28-44)41-23-21-40(22-24-41)39-12-4-2-5-13-39/h2,4-6,8-35,37-38H,3,7,36H2,1H3. The smallest absolute Gasteiger partial charge is 0.151 e. The number of para-hydroxylation sites is 3. The van der Waals surface area contributed by atoms with Gasteiger partial charge >= 0.3 is 0 Å². The number of fused-ring (bicyclic) bond motifs is 4. The lowest BCUT2D eigenvalue weighted by Crippen LogP contribution is -2.26. The van der Waals surface area contributed by atoms with Gasteiger partial charge in [-0.3, -0.25) is 0 Å². The summed E-state index contributed by atoms with van der Waals surface area (Å²) in [5.41, 5.74) is 15.2. The first-order valence-electron chi connectivity index (χ1n) is 20.7. The summed E-state index contributed by atoms with van der Waals surface area (Å²) in [6, 6.07) is 61.6. The highest BCUT2D eigenvalue weighted by Gasteiger charge is 2.30. The van der Waals surface area contributed by atoms with Gasteiger partial charge in [0.15, 0.2) is 5.75 Å². The Kier molecular flexibility index (Phi) is 8.62. The lowest BCUT2D eigenvalue weighted by molar-refractivity contribution is 0.414. The molecule has 4 nitrogen and oxygen atoms in total. The Morgan fingerprint density at radius 2 is 1.20 bits per heavy atom. The largest absolute Gasteiger partial charge is 0.453 e.